The number of carbonyl (C=O) groups is 1. The summed E-state index contributed by atoms with van der Waals surface area (Å²) in [6, 6.07) is 2.15. The molecule has 0 bridgehead atoms. The van der Waals surface area contributed by atoms with E-state index in [0.717, 1.165) is 6.07 Å². The predicted molar refractivity (Wildman–Crippen MR) is 77.7 cm³/mol. The number of hydrogen-bond acceptors (Lipinski definition) is 6. The van der Waals surface area contributed by atoms with Gasteiger partial charge in [0.25, 0.3) is 11.6 Å². The first-order valence-corrected chi connectivity index (χ1v) is 7.64. The second-order valence-corrected chi connectivity index (χ2v) is 6.38. The Kier molecular flexibility index (Phi) is 5.47. The van der Waals surface area contributed by atoms with Gasteiger partial charge < -0.3 is 11.1 Å². The van der Waals surface area contributed by atoms with Crippen LogP contribution in [0.25, 0.3) is 0 Å². The van der Waals surface area contributed by atoms with Crippen LogP contribution in [-0.2, 0) is 10.0 Å². The average molecular weight is 337 g/mol. The van der Waals surface area contributed by atoms with Crippen molar-refractivity contribution in [3.63, 3.8) is 0 Å². The molecule has 0 saturated heterocycles. The Morgan fingerprint density at radius 1 is 1.48 bits per heavy atom. The molecule has 0 radical (unpaired) electrons. The normalized spacial score (nSPS) is 11.1. The molecule has 0 fully saturated rings. The van der Waals surface area contributed by atoms with Gasteiger partial charge in [0.2, 0.25) is 10.0 Å². The summed E-state index contributed by atoms with van der Waals surface area (Å²) in [5, 5.41) is 13.0. The van der Waals surface area contributed by atoms with Crippen molar-refractivity contribution < 1.29 is 18.1 Å². The molecular weight excluding hydrogens is 324 g/mol. The van der Waals surface area contributed by atoms with E-state index in [1.807, 2.05) is 0 Å². The van der Waals surface area contributed by atoms with Gasteiger partial charge in [0, 0.05) is 18.2 Å². The number of hydrogen-bond donors (Lipinski definition) is 3. The summed E-state index contributed by atoms with van der Waals surface area (Å²) >= 11 is 5.72. The number of nitrogens with zero attached hydrogens (tertiary/aromatic N) is 1. The molecule has 1 amide bonds. The number of anilines is 1. The molecule has 1 aromatic rings. The molecule has 0 aromatic heterocycles. The highest BCUT2D eigenvalue weighted by atomic mass is 35.5. The zero-order valence-corrected chi connectivity index (χ0v) is 12.5. The van der Waals surface area contributed by atoms with E-state index in [1.54, 1.807) is 0 Å². The third-order valence-corrected chi connectivity index (χ3v) is 4.21. The summed E-state index contributed by atoms with van der Waals surface area (Å²) in [4.78, 5) is 21.8. The van der Waals surface area contributed by atoms with Crippen molar-refractivity contribution in [1.82, 2.24) is 10.0 Å². The first-order chi connectivity index (χ1) is 9.68. The van der Waals surface area contributed by atoms with Crippen LogP contribution in [0.2, 0.25) is 5.02 Å². The van der Waals surface area contributed by atoms with Gasteiger partial charge in [0.1, 0.15) is 5.69 Å². The number of halogens is 1. The highest BCUT2D eigenvalue weighted by Crippen LogP contribution is 2.30. The summed E-state index contributed by atoms with van der Waals surface area (Å²) in [6.45, 7) is -0.155. The summed E-state index contributed by atoms with van der Waals surface area (Å²) in [6.07, 6.45) is 0. The van der Waals surface area contributed by atoms with E-state index in [-0.39, 0.29) is 28.6 Å². The van der Waals surface area contributed by atoms with Gasteiger partial charge in [0.05, 0.1) is 15.7 Å². The van der Waals surface area contributed by atoms with Crippen molar-refractivity contribution in [2.45, 2.75) is 0 Å². The van der Waals surface area contributed by atoms with Crippen LogP contribution in [0.1, 0.15) is 10.4 Å². The lowest BCUT2D eigenvalue weighted by molar-refractivity contribution is -0.383. The molecule has 0 heterocycles. The van der Waals surface area contributed by atoms with Crippen molar-refractivity contribution in [2.75, 3.05) is 25.1 Å². The molecule has 0 aliphatic carbocycles. The first kappa shape index (κ1) is 17.1. The van der Waals surface area contributed by atoms with Crippen LogP contribution < -0.4 is 15.8 Å². The number of nitro benzene ring substituents is 1. The van der Waals surface area contributed by atoms with Crippen molar-refractivity contribution >= 4 is 38.9 Å². The van der Waals surface area contributed by atoms with Crippen LogP contribution in [0.3, 0.4) is 0 Å². The maximum Gasteiger partial charge on any atom is 0.294 e. The van der Waals surface area contributed by atoms with Crippen LogP contribution in [0.5, 0.6) is 0 Å². The lowest BCUT2D eigenvalue weighted by Gasteiger charge is -2.07. The molecule has 21 heavy (non-hydrogen) atoms. The Bertz CT molecular complexity index is 676. The number of nitrogens with one attached hydrogen (secondary N) is 2. The Hall–Kier alpha value is -1.91. The fraction of sp³-hybridized carbons (Fsp3) is 0.300. The predicted octanol–water partition coefficient (Wildman–Crippen LogP) is 0.109. The van der Waals surface area contributed by atoms with Crippen molar-refractivity contribution in [3.05, 3.63) is 32.8 Å². The minimum atomic E-state index is -3.45. The van der Waals surface area contributed by atoms with Crippen LogP contribution in [0.4, 0.5) is 11.4 Å². The van der Waals surface area contributed by atoms with Gasteiger partial charge in [-0.25, -0.2) is 13.1 Å². The molecule has 0 saturated carbocycles. The Labute approximate surface area is 125 Å². The molecule has 11 heteroatoms. The molecule has 0 aliphatic heterocycles. The fourth-order valence-electron chi connectivity index (χ4n) is 1.39. The van der Waals surface area contributed by atoms with E-state index in [1.165, 1.54) is 13.1 Å². The quantitative estimate of drug-likeness (QED) is 0.382. The van der Waals surface area contributed by atoms with E-state index in [9.17, 15) is 23.3 Å². The number of nitro groups is 1. The second kappa shape index (κ2) is 6.70. The smallest absolute Gasteiger partial charge is 0.294 e. The van der Waals surface area contributed by atoms with Crippen molar-refractivity contribution in [3.8, 4) is 0 Å². The third kappa shape index (κ3) is 4.55. The number of amides is 1. The standard InChI is InChI=1S/C10H13ClN4O5S/c1-13-21(19,20)3-2-14-10(16)6-4-7(11)9(12)8(5-6)15(17)18/h4-5,13H,2-3,12H2,1H3,(H,14,16). The molecule has 0 atom stereocenters. The SMILES string of the molecule is CNS(=O)(=O)CCNC(=O)c1cc(Cl)c(N)c([N+](=O)[O-])c1. The van der Waals surface area contributed by atoms with E-state index in [4.69, 9.17) is 17.3 Å². The first-order valence-electron chi connectivity index (χ1n) is 5.60. The molecule has 0 aliphatic rings. The molecule has 4 N–H and O–H groups in total. The number of benzene rings is 1. The monoisotopic (exact) mass is 336 g/mol. The average Bonchev–Trinajstić information content (AvgIpc) is 2.40. The minimum absolute atomic E-state index is 0.0808. The summed E-state index contributed by atoms with van der Waals surface area (Å²) in [5.41, 5.74) is 4.62. The molecule has 1 rings (SSSR count). The van der Waals surface area contributed by atoms with Crippen molar-refractivity contribution in [2.24, 2.45) is 0 Å². The molecule has 0 unspecified atom stereocenters. The van der Waals surface area contributed by atoms with Gasteiger partial charge in [-0.1, -0.05) is 11.6 Å². The number of nitrogens with two attached hydrogens (primary N) is 1. The Morgan fingerprint density at radius 2 is 2.10 bits per heavy atom. The maximum atomic E-state index is 11.8. The molecule has 1 aromatic carbocycles. The largest absolute Gasteiger partial charge is 0.392 e. The third-order valence-electron chi connectivity index (χ3n) is 2.53. The molecule has 116 valence electrons. The topological polar surface area (TPSA) is 144 Å². The van der Waals surface area contributed by atoms with Crippen LogP contribution in [0, 0.1) is 10.1 Å². The second-order valence-electron chi connectivity index (χ2n) is 3.93. The van der Waals surface area contributed by atoms with Gasteiger partial charge in [-0.2, -0.15) is 0 Å². The number of carbonyl (C=O) groups excluding carboxylic acids is 1. The lowest BCUT2D eigenvalue weighted by Crippen LogP contribution is -2.33. The maximum absolute atomic E-state index is 11.8. The van der Waals surface area contributed by atoms with E-state index in [0.29, 0.717) is 0 Å². The molecule has 9 nitrogen and oxygen atoms in total. The number of rotatable bonds is 6. The number of nitrogen functional groups attached to an aromatic ring is 1. The summed E-state index contributed by atoms with van der Waals surface area (Å²) < 4.78 is 24.4. The molecular formula is C10H13ClN4O5S. The Balaban J connectivity index is 2.87. The highest BCUT2D eigenvalue weighted by Gasteiger charge is 2.19. The van der Waals surface area contributed by atoms with Gasteiger partial charge in [0.15, 0.2) is 0 Å². The highest BCUT2D eigenvalue weighted by molar-refractivity contribution is 7.89. The Morgan fingerprint density at radius 3 is 2.62 bits per heavy atom. The van der Waals surface area contributed by atoms with Crippen molar-refractivity contribution in [1.29, 1.82) is 0 Å². The van der Waals surface area contributed by atoms with Gasteiger partial charge >= 0.3 is 0 Å². The zero-order chi connectivity index (χ0) is 16.2. The van der Waals surface area contributed by atoms with Crippen LogP contribution >= 0.6 is 11.6 Å². The zero-order valence-electron chi connectivity index (χ0n) is 10.9. The summed E-state index contributed by atoms with van der Waals surface area (Å²) in [5.74, 6) is -1.01. The van der Waals surface area contributed by atoms with E-state index >= 15 is 0 Å². The fourth-order valence-corrected chi connectivity index (χ4v) is 2.18. The summed E-state index contributed by atoms with van der Waals surface area (Å²) in [7, 11) is -2.20. The van der Waals surface area contributed by atoms with E-state index in [2.05, 4.69) is 10.0 Å². The molecule has 0 spiro atoms. The van der Waals surface area contributed by atoms with Gasteiger partial charge in [-0.15, -0.1) is 0 Å². The number of sulfonamides is 1. The minimum Gasteiger partial charge on any atom is -0.392 e. The van der Waals surface area contributed by atoms with Crippen LogP contribution in [-0.4, -0.2) is 38.6 Å². The van der Waals surface area contributed by atoms with Gasteiger partial charge in [-0.3, -0.25) is 14.9 Å². The lowest BCUT2D eigenvalue weighted by atomic mass is 10.1. The van der Waals surface area contributed by atoms with E-state index < -0.39 is 26.5 Å². The van der Waals surface area contributed by atoms with Crippen LogP contribution in [0.15, 0.2) is 12.1 Å². The van der Waals surface area contributed by atoms with Gasteiger partial charge in [-0.05, 0) is 13.1 Å².